The van der Waals surface area contributed by atoms with Crippen LogP contribution in [0.3, 0.4) is 0 Å². The van der Waals surface area contributed by atoms with E-state index in [4.69, 9.17) is 17.3 Å². The first-order chi connectivity index (χ1) is 7.07. The molecule has 0 aromatic heterocycles. The molecule has 90 valence electrons. The maximum absolute atomic E-state index is 13.5. The molecule has 0 saturated heterocycles. The molecule has 5 heteroatoms. The summed E-state index contributed by atoms with van der Waals surface area (Å²) in [5.41, 5.74) is 5.52. The molecule has 0 aliphatic heterocycles. The van der Waals surface area contributed by atoms with Crippen molar-refractivity contribution in [1.82, 2.24) is 0 Å². The molecule has 1 rings (SSSR count). The van der Waals surface area contributed by atoms with Crippen molar-refractivity contribution in [3.63, 3.8) is 0 Å². The fraction of sp³-hybridized carbons (Fsp3) is 0.273. The number of hydrogen-bond donors (Lipinski definition) is 1. The zero-order chi connectivity index (χ0) is 11.4. The van der Waals surface area contributed by atoms with Crippen LogP contribution in [0.2, 0.25) is 5.02 Å². The van der Waals surface area contributed by atoms with Gasteiger partial charge in [0.2, 0.25) is 0 Å². The van der Waals surface area contributed by atoms with E-state index in [0.29, 0.717) is 12.8 Å². The molecular formula is C11H13Cl2F2N. The zero-order valence-electron chi connectivity index (χ0n) is 8.55. The highest BCUT2D eigenvalue weighted by Crippen LogP contribution is 2.27. The Bertz CT molecular complexity index is 369. The molecule has 0 aliphatic carbocycles. The average molecular weight is 268 g/mol. The third kappa shape index (κ3) is 3.44. The molecule has 0 heterocycles. The summed E-state index contributed by atoms with van der Waals surface area (Å²) < 4.78 is 26.8. The normalized spacial score (nSPS) is 11.8. The molecule has 0 spiro atoms. The van der Waals surface area contributed by atoms with Crippen LogP contribution in [0.15, 0.2) is 24.8 Å². The third-order valence-corrected chi connectivity index (χ3v) is 2.42. The lowest BCUT2D eigenvalue weighted by Gasteiger charge is -2.13. The number of rotatable bonds is 4. The van der Waals surface area contributed by atoms with E-state index in [1.54, 1.807) is 6.08 Å². The predicted octanol–water partition coefficient (Wildman–Crippen LogP) is 4.01. The molecule has 2 N–H and O–H groups in total. The molecule has 1 aromatic carbocycles. The Morgan fingerprint density at radius 1 is 1.44 bits per heavy atom. The summed E-state index contributed by atoms with van der Waals surface area (Å²) in [4.78, 5) is 0. The standard InChI is InChI=1S/C11H12ClF2N.ClH/c1-2-3-4-9(15)10-8(13)6-5-7(12)11(10)14;/h2,5-6,9H,1,3-4,15H2;1H/t9-;/m1./s1. The Morgan fingerprint density at radius 2 is 2.06 bits per heavy atom. The van der Waals surface area contributed by atoms with E-state index in [1.807, 2.05) is 0 Å². The average Bonchev–Trinajstić information content (AvgIpc) is 2.21. The van der Waals surface area contributed by atoms with Gasteiger partial charge in [-0.3, -0.25) is 0 Å². The molecule has 1 nitrogen and oxygen atoms in total. The van der Waals surface area contributed by atoms with Crippen LogP contribution >= 0.6 is 24.0 Å². The first-order valence-electron chi connectivity index (χ1n) is 4.57. The van der Waals surface area contributed by atoms with Gasteiger partial charge in [0.15, 0.2) is 0 Å². The Balaban J connectivity index is 0.00000225. The number of benzene rings is 1. The van der Waals surface area contributed by atoms with Gasteiger partial charge in [-0.05, 0) is 25.0 Å². The lowest BCUT2D eigenvalue weighted by molar-refractivity contribution is 0.514. The van der Waals surface area contributed by atoms with E-state index < -0.39 is 17.7 Å². The van der Waals surface area contributed by atoms with Crippen LogP contribution in [-0.2, 0) is 0 Å². The van der Waals surface area contributed by atoms with Gasteiger partial charge in [-0.15, -0.1) is 19.0 Å². The van der Waals surface area contributed by atoms with Gasteiger partial charge in [0.05, 0.1) is 5.02 Å². The molecule has 0 saturated carbocycles. The van der Waals surface area contributed by atoms with Crippen LogP contribution in [0.1, 0.15) is 24.4 Å². The summed E-state index contributed by atoms with van der Waals surface area (Å²) in [6.45, 7) is 3.52. The summed E-state index contributed by atoms with van der Waals surface area (Å²) in [7, 11) is 0. The van der Waals surface area contributed by atoms with Gasteiger partial charge in [0, 0.05) is 11.6 Å². The summed E-state index contributed by atoms with van der Waals surface area (Å²) in [6, 6.07) is 1.60. The lowest BCUT2D eigenvalue weighted by atomic mass is 10.0. The maximum atomic E-state index is 13.5. The van der Waals surface area contributed by atoms with Crippen molar-refractivity contribution >= 4 is 24.0 Å². The van der Waals surface area contributed by atoms with E-state index in [2.05, 4.69) is 6.58 Å². The number of nitrogens with two attached hydrogens (primary N) is 1. The Kier molecular flexibility index (Phi) is 6.56. The van der Waals surface area contributed by atoms with E-state index in [9.17, 15) is 8.78 Å². The summed E-state index contributed by atoms with van der Waals surface area (Å²) in [5.74, 6) is -1.43. The monoisotopic (exact) mass is 267 g/mol. The molecule has 1 atom stereocenters. The Morgan fingerprint density at radius 3 is 2.62 bits per heavy atom. The molecule has 0 unspecified atom stereocenters. The summed E-state index contributed by atoms with van der Waals surface area (Å²) in [6.07, 6.45) is 2.70. The second-order valence-corrected chi connectivity index (χ2v) is 3.64. The highest BCUT2D eigenvalue weighted by molar-refractivity contribution is 6.30. The zero-order valence-corrected chi connectivity index (χ0v) is 10.1. The maximum Gasteiger partial charge on any atom is 0.149 e. The van der Waals surface area contributed by atoms with Gasteiger partial charge in [-0.2, -0.15) is 0 Å². The Hall–Kier alpha value is -0.640. The molecule has 0 amide bonds. The van der Waals surface area contributed by atoms with Crippen LogP contribution in [0.25, 0.3) is 0 Å². The van der Waals surface area contributed by atoms with Crippen LogP contribution in [0, 0.1) is 11.6 Å². The molecule has 0 bridgehead atoms. The first kappa shape index (κ1) is 15.4. The Labute approximate surface area is 105 Å². The quantitative estimate of drug-likeness (QED) is 0.648. The van der Waals surface area contributed by atoms with Gasteiger partial charge in [0.25, 0.3) is 0 Å². The van der Waals surface area contributed by atoms with Crippen molar-refractivity contribution in [3.05, 3.63) is 47.0 Å². The van der Waals surface area contributed by atoms with Gasteiger partial charge in [-0.1, -0.05) is 17.7 Å². The molecular weight excluding hydrogens is 255 g/mol. The van der Waals surface area contributed by atoms with Crippen molar-refractivity contribution in [2.24, 2.45) is 5.73 Å². The van der Waals surface area contributed by atoms with Crippen molar-refractivity contribution in [1.29, 1.82) is 0 Å². The largest absolute Gasteiger partial charge is 0.324 e. The van der Waals surface area contributed by atoms with Gasteiger partial charge in [-0.25, -0.2) is 8.78 Å². The van der Waals surface area contributed by atoms with Crippen molar-refractivity contribution in [3.8, 4) is 0 Å². The van der Waals surface area contributed by atoms with E-state index in [0.717, 1.165) is 6.07 Å². The molecule has 0 aliphatic rings. The smallest absolute Gasteiger partial charge is 0.149 e. The lowest BCUT2D eigenvalue weighted by Crippen LogP contribution is -2.14. The number of allylic oxidation sites excluding steroid dienone is 1. The van der Waals surface area contributed by atoms with Crippen LogP contribution in [0.4, 0.5) is 8.78 Å². The second-order valence-electron chi connectivity index (χ2n) is 3.23. The van der Waals surface area contributed by atoms with Crippen LogP contribution < -0.4 is 5.73 Å². The number of halogens is 4. The van der Waals surface area contributed by atoms with Crippen molar-refractivity contribution in [2.45, 2.75) is 18.9 Å². The van der Waals surface area contributed by atoms with Gasteiger partial charge >= 0.3 is 0 Å². The van der Waals surface area contributed by atoms with Crippen molar-refractivity contribution < 1.29 is 8.78 Å². The van der Waals surface area contributed by atoms with Crippen molar-refractivity contribution in [2.75, 3.05) is 0 Å². The predicted molar refractivity (Wildman–Crippen MR) is 65.0 cm³/mol. The van der Waals surface area contributed by atoms with E-state index >= 15 is 0 Å². The number of hydrogen-bond acceptors (Lipinski definition) is 1. The van der Waals surface area contributed by atoms with Gasteiger partial charge < -0.3 is 5.73 Å². The SMILES string of the molecule is C=CCC[C@@H](N)c1c(F)ccc(Cl)c1F.Cl. The summed E-state index contributed by atoms with van der Waals surface area (Å²) in [5, 5.41) is -0.111. The minimum absolute atomic E-state index is 0. The fourth-order valence-corrected chi connectivity index (χ4v) is 1.49. The van der Waals surface area contributed by atoms with Crippen LogP contribution in [-0.4, -0.2) is 0 Å². The van der Waals surface area contributed by atoms with Crippen LogP contribution in [0.5, 0.6) is 0 Å². The highest BCUT2D eigenvalue weighted by Gasteiger charge is 2.18. The molecule has 16 heavy (non-hydrogen) atoms. The van der Waals surface area contributed by atoms with E-state index in [1.165, 1.54) is 6.07 Å². The minimum Gasteiger partial charge on any atom is -0.324 e. The van der Waals surface area contributed by atoms with Gasteiger partial charge in [0.1, 0.15) is 11.6 Å². The summed E-state index contributed by atoms with van der Waals surface area (Å²) >= 11 is 5.55. The second kappa shape index (κ2) is 6.84. The molecule has 0 fully saturated rings. The molecule has 1 aromatic rings. The minimum atomic E-state index is -0.770. The fourth-order valence-electron chi connectivity index (χ4n) is 1.32. The third-order valence-electron chi connectivity index (χ3n) is 2.13. The highest BCUT2D eigenvalue weighted by atomic mass is 35.5. The first-order valence-corrected chi connectivity index (χ1v) is 4.95. The molecule has 0 radical (unpaired) electrons. The topological polar surface area (TPSA) is 26.0 Å². The van der Waals surface area contributed by atoms with E-state index in [-0.39, 0.29) is 23.0 Å².